The third kappa shape index (κ3) is 5.75. The number of nitrogens with zero attached hydrogens (tertiary/aromatic N) is 3. The Hall–Kier alpha value is -4.31. The normalized spacial score (nSPS) is 19.6. The summed E-state index contributed by atoms with van der Waals surface area (Å²) < 4.78 is 33.2. The summed E-state index contributed by atoms with van der Waals surface area (Å²) in [4.78, 5) is 44.5. The Kier molecular flexibility index (Phi) is 7.56. The summed E-state index contributed by atoms with van der Waals surface area (Å²) in [5.74, 6) is -1.84. The molecule has 0 saturated carbocycles. The van der Waals surface area contributed by atoms with E-state index in [1.54, 1.807) is 47.4 Å². The van der Waals surface area contributed by atoms with E-state index in [9.17, 15) is 23.2 Å². The third-order valence-corrected chi connectivity index (χ3v) is 7.03. The molecule has 2 unspecified atom stereocenters. The molecule has 202 valence electrons. The van der Waals surface area contributed by atoms with Crippen LogP contribution in [-0.2, 0) is 16.1 Å². The Labute approximate surface area is 224 Å². The number of amides is 3. The molecule has 3 aromatic carbocycles. The number of ether oxygens (including phenoxy) is 1. The quantitative estimate of drug-likeness (QED) is 0.516. The molecule has 2 atom stereocenters. The zero-order valence-corrected chi connectivity index (χ0v) is 21.3. The summed E-state index contributed by atoms with van der Waals surface area (Å²) in [5.41, 5.74) is 1.57. The van der Waals surface area contributed by atoms with Crippen molar-refractivity contribution in [3.63, 3.8) is 0 Å². The maximum Gasteiger partial charge on any atom is 0.411 e. The number of hydrogen-bond donors (Lipinski definition) is 1. The van der Waals surface area contributed by atoms with Gasteiger partial charge in [-0.1, -0.05) is 36.4 Å². The smallest absolute Gasteiger partial charge is 0.411 e. The van der Waals surface area contributed by atoms with Gasteiger partial charge in [0.1, 0.15) is 11.6 Å². The van der Waals surface area contributed by atoms with E-state index in [-0.39, 0.29) is 18.0 Å². The van der Waals surface area contributed by atoms with Crippen LogP contribution >= 0.6 is 0 Å². The summed E-state index contributed by atoms with van der Waals surface area (Å²) in [6, 6.07) is 17.1. The highest BCUT2D eigenvalue weighted by atomic mass is 19.1. The van der Waals surface area contributed by atoms with E-state index in [2.05, 4.69) is 10.2 Å². The minimum absolute atomic E-state index is 0.0799. The van der Waals surface area contributed by atoms with Gasteiger partial charge in [0.2, 0.25) is 5.91 Å². The van der Waals surface area contributed by atoms with Crippen molar-refractivity contribution in [2.24, 2.45) is 0 Å². The number of nitrogens with one attached hydrogen (secondary N) is 1. The van der Waals surface area contributed by atoms with Crippen LogP contribution in [0.5, 0.6) is 0 Å². The fourth-order valence-electron chi connectivity index (χ4n) is 4.79. The van der Waals surface area contributed by atoms with Crippen LogP contribution in [0.2, 0.25) is 0 Å². The average Bonchev–Trinajstić information content (AvgIpc) is 3.26. The Balaban J connectivity index is 1.38. The van der Waals surface area contributed by atoms with Gasteiger partial charge in [-0.05, 0) is 54.6 Å². The Morgan fingerprint density at radius 3 is 2.26 bits per heavy atom. The SMILES string of the molecule is CN1CCN(C(=O)C2C(c3ccc(NC(=O)c4ccccc4F)cc3)OC(=O)N2Cc2ccc(F)cc2)CC1. The number of rotatable bonds is 6. The fourth-order valence-corrected chi connectivity index (χ4v) is 4.79. The molecule has 3 aromatic rings. The largest absolute Gasteiger partial charge is 0.438 e. The zero-order valence-electron chi connectivity index (χ0n) is 21.3. The van der Waals surface area contributed by atoms with Crippen LogP contribution in [0.1, 0.15) is 27.6 Å². The second-order valence-electron chi connectivity index (χ2n) is 9.69. The van der Waals surface area contributed by atoms with Gasteiger partial charge in [0.05, 0.1) is 12.1 Å². The highest BCUT2D eigenvalue weighted by molar-refractivity contribution is 6.04. The van der Waals surface area contributed by atoms with Gasteiger partial charge in [0.25, 0.3) is 5.91 Å². The highest BCUT2D eigenvalue weighted by Crippen LogP contribution is 2.35. The van der Waals surface area contributed by atoms with Crippen LogP contribution < -0.4 is 5.32 Å². The molecule has 0 aliphatic carbocycles. The summed E-state index contributed by atoms with van der Waals surface area (Å²) in [6.45, 7) is 2.56. The first-order chi connectivity index (χ1) is 18.8. The van der Waals surface area contributed by atoms with Crippen LogP contribution in [0.4, 0.5) is 19.3 Å². The molecule has 2 aliphatic rings. The number of halogens is 2. The van der Waals surface area contributed by atoms with E-state index in [1.807, 2.05) is 7.05 Å². The first kappa shape index (κ1) is 26.3. The Morgan fingerprint density at radius 1 is 0.923 bits per heavy atom. The third-order valence-electron chi connectivity index (χ3n) is 7.03. The number of hydrogen-bond acceptors (Lipinski definition) is 5. The summed E-state index contributed by atoms with van der Waals surface area (Å²) >= 11 is 0. The van der Waals surface area contributed by atoms with Crippen molar-refractivity contribution in [3.8, 4) is 0 Å². The van der Waals surface area contributed by atoms with Crippen molar-refractivity contribution in [2.75, 3.05) is 38.5 Å². The lowest BCUT2D eigenvalue weighted by Crippen LogP contribution is -2.54. The molecule has 0 bridgehead atoms. The lowest BCUT2D eigenvalue weighted by atomic mass is 9.99. The van der Waals surface area contributed by atoms with Gasteiger partial charge in [-0.3, -0.25) is 14.5 Å². The zero-order chi connectivity index (χ0) is 27.5. The standard InChI is InChI=1S/C29H28F2N4O4/c1-33-14-16-34(17-15-33)28(37)25-26(39-29(38)35(25)18-19-6-10-21(30)11-7-19)20-8-12-22(13-9-20)32-27(36)23-4-2-3-5-24(23)31/h2-13,25-26H,14-18H2,1H3,(H,32,36). The number of piperazine rings is 1. The molecule has 5 rings (SSSR count). The Bertz CT molecular complexity index is 1360. The van der Waals surface area contributed by atoms with Gasteiger partial charge < -0.3 is 19.9 Å². The Morgan fingerprint density at radius 2 is 1.59 bits per heavy atom. The minimum Gasteiger partial charge on any atom is -0.438 e. The molecule has 0 aromatic heterocycles. The van der Waals surface area contributed by atoms with Crippen LogP contribution in [0.3, 0.4) is 0 Å². The van der Waals surface area contributed by atoms with Crippen LogP contribution in [0.25, 0.3) is 0 Å². The number of cyclic esters (lactones) is 1. The molecule has 10 heteroatoms. The predicted octanol–water partition coefficient (Wildman–Crippen LogP) is 4.05. The second-order valence-corrected chi connectivity index (χ2v) is 9.69. The van der Waals surface area contributed by atoms with Gasteiger partial charge in [0.15, 0.2) is 12.1 Å². The first-order valence-corrected chi connectivity index (χ1v) is 12.6. The van der Waals surface area contributed by atoms with Crippen molar-refractivity contribution < 1.29 is 27.9 Å². The summed E-state index contributed by atoms with van der Waals surface area (Å²) in [6.07, 6.45) is -1.53. The maximum atomic E-state index is 14.0. The van der Waals surface area contributed by atoms with E-state index < -0.39 is 35.8 Å². The summed E-state index contributed by atoms with van der Waals surface area (Å²) in [5, 5.41) is 2.65. The van der Waals surface area contributed by atoms with Gasteiger partial charge in [-0.25, -0.2) is 13.6 Å². The molecule has 3 amide bonds. The van der Waals surface area contributed by atoms with E-state index in [0.29, 0.717) is 43.0 Å². The van der Waals surface area contributed by atoms with Crippen LogP contribution in [0.15, 0.2) is 72.8 Å². The van der Waals surface area contributed by atoms with Crippen LogP contribution in [0, 0.1) is 11.6 Å². The first-order valence-electron chi connectivity index (χ1n) is 12.6. The summed E-state index contributed by atoms with van der Waals surface area (Å²) in [7, 11) is 1.99. The number of anilines is 1. The maximum absolute atomic E-state index is 14.0. The van der Waals surface area contributed by atoms with Crippen LogP contribution in [-0.4, -0.2) is 71.9 Å². The van der Waals surface area contributed by atoms with Crippen molar-refractivity contribution in [1.82, 2.24) is 14.7 Å². The topological polar surface area (TPSA) is 82.2 Å². The molecule has 2 fully saturated rings. The molecule has 1 N–H and O–H groups in total. The molecule has 0 spiro atoms. The second kappa shape index (κ2) is 11.2. The molecule has 8 nitrogen and oxygen atoms in total. The van der Waals surface area contributed by atoms with E-state index >= 15 is 0 Å². The highest BCUT2D eigenvalue weighted by Gasteiger charge is 2.48. The molecule has 0 radical (unpaired) electrons. The molecular weight excluding hydrogens is 506 g/mol. The molecule has 2 aliphatic heterocycles. The van der Waals surface area contributed by atoms with Crippen molar-refractivity contribution in [2.45, 2.75) is 18.7 Å². The van der Waals surface area contributed by atoms with Crippen molar-refractivity contribution in [1.29, 1.82) is 0 Å². The lowest BCUT2D eigenvalue weighted by Gasteiger charge is -2.36. The lowest BCUT2D eigenvalue weighted by molar-refractivity contribution is -0.138. The molecule has 2 heterocycles. The van der Waals surface area contributed by atoms with E-state index in [4.69, 9.17) is 4.74 Å². The monoisotopic (exact) mass is 534 g/mol. The van der Waals surface area contributed by atoms with Crippen molar-refractivity contribution >= 4 is 23.6 Å². The van der Waals surface area contributed by atoms with Gasteiger partial charge >= 0.3 is 6.09 Å². The predicted molar refractivity (Wildman–Crippen MR) is 140 cm³/mol. The van der Waals surface area contributed by atoms with E-state index in [0.717, 1.165) is 0 Å². The minimum atomic E-state index is -0.926. The molecular formula is C29H28F2N4O4. The van der Waals surface area contributed by atoms with Gasteiger partial charge in [-0.2, -0.15) is 0 Å². The number of benzene rings is 3. The average molecular weight is 535 g/mol. The fraction of sp³-hybridized carbons (Fsp3) is 0.276. The number of carbonyl (C=O) groups is 3. The van der Waals surface area contributed by atoms with Gasteiger partial charge in [0, 0.05) is 31.9 Å². The van der Waals surface area contributed by atoms with E-state index in [1.165, 1.54) is 35.2 Å². The molecule has 39 heavy (non-hydrogen) atoms. The molecule has 2 saturated heterocycles. The number of carbonyl (C=O) groups excluding carboxylic acids is 3. The van der Waals surface area contributed by atoms with Crippen molar-refractivity contribution in [3.05, 3.63) is 101 Å². The number of likely N-dealkylation sites (N-methyl/N-ethyl adjacent to an activating group) is 1. The van der Waals surface area contributed by atoms with Gasteiger partial charge in [-0.15, -0.1) is 0 Å².